The molecule has 1 N–H and O–H groups in total. The highest BCUT2D eigenvalue weighted by atomic mass is 32.2. The van der Waals surface area contributed by atoms with E-state index in [1.165, 1.54) is 16.8 Å². The first-order valence-electron chi connectivity index (χ1n) is 11.6. The fourth-order valence-electron chi connectivity index (χ4n) is 4.06. The number of amides is 1. The van der Waals surface area contributed by atoms with E-state index < -0.39 is 27.0 Å². The molecule has 0 spiro atoms. The van der Waals surface area contributed by atoms with E-state index >= 15 is 0 Å². The Balaban J connectivity index is 1.57. The van der Waals surface area contributed by atoms with Gasteiger partial charge in [-0.25, -0.2) is 31.9 Å². The van der Waals surface area contributed by atoms with Gasteiger partial charge in [0.2, 0.25) is 5.91 Å². The van der Waals surface area contributed by atoms with E-state index in [0.717, 1.165) is 12.8 Å². The molecule has 1 aliphatic heterocycles. The second-order valence-electron chi connectivity index (χ2n) is 9.62. The Bertz CT molecular complexity index is 1410. The zero-order valence-corrected chi connectivity index (χ0v) is 21.6. The highest BCUT2D eigenvalue weighted by Gasteiger charge is 2.42. The smallest absolute Gasteiger partial charge is 0.291 e. The molecule has 1 amide bonds. The number of rotatable bonds is 7. The highest BCUT2D eigenvalue weighted by Crippen LogP contribution is 2.37. The van der Waals surface area contributed by atoms with Crippen LogP contribution >= 0.6 is 11.3 Å². The molecular weight excluding hydrogens is 514 g/mol. The van der Waals surface area contributed by atoms with Crippen LogP contribution in [0.4, 0.5) is 14.6 Å². The molecule has 0 radical (unpaired) electrons. The van der Waals surface area contributed by atoms with Crippen molar-refractivity contribution in [2.75, 3.05) is 31.1 Å². The van der Waals surface area contributed by atoms with E-state index in [0.29, 0.717) is 48.9 Å². The number of hydrogen-bond acceptors (Lipinski definition) is 9. The second-order valence-corrected chi connectivity index (χ2v) is 12.3. The van der Waals surface area contributed by atoms with Crippen molar-refractivity contribution in [2.45, 2.75) is 50.6 Å². The van der Waals surface area contributed by atoms with E-state index in [1.54, 1.807) is 4.90 Å². The van der Waals surface area contributed by atoms with Gasteiger partial charge in [0.15, 0.2) is 26.7 Å². The van der Waals surface area contributed by atoms with Crippen LogP contribution in [0.2, 0.25) is 0 Å². The summed E-state index contributed by atoms with van der Waals surface area (Å²) in [4.78, 5) is 25.0. The maximum absolute atomic E-state index is 13.2. The standard InChI is InChI=1S/C21H26F2N8O3S2/c1-12(2)20(32)30-8-6-29(7-9-30)16-13-10-24-17(19-27-26-18(35-19)15(22)23)31(13)11-14(25-16)36(33,34)28-21(3)4-5-21/h10-12,15,28H,4-9H2,1-3H3. The average molecular weight is 541 g/mol. The molecule has 11 nitrogen and oxygen atoms in total. The lowest BCUT2D eigenvalue weighted by Gasteiger charge is -2.36. The zero-order chi connectivity index (χ0) is 25.8. The summed E-state index contributed by atoms with van der Waals surface area (Å²) in [6, 6.07) is 0. The Kier molecular flexibility index (Phi) is 6.19. The van der Waals surface area contributed by atoms with Gasteiger partial charge in [-0.2, -0.15) is 0 Å². The molecule has 2 fully saturated rings. The van der Waals surface area contributed by atoms with Gasteiger partial charge >= 0.3 is 0 Å². The molecule has 0 aromatic carbocycles. The van der Waals surface area contributed by atoms with E-state index in [-0.39, 0.29) is 27.7 Å². The highest BCUT2D eigenvalue weighted by molar-refractivity contribution is 7.89. The van der Waals surface area contributed by atoms with Gasteiger partial charge in [0.1, 0.15) is 5.52 Å². The van der Waals surface area contributed by atoms with Gasteiger partial charge in [0, 0.05) is 37.6 Å². The molecule has 5 rings (SSSR count). The lowest BCUT2D eigenvalue weighted by atomic mass is 10.1. The van der Waals surface area contributed by atoms with Crippen molar-refractivity contribution in [1.82, 2.24) is 34.2 Å². The summed E-state index contributed by atoms with van der Waals surface area (Å²) in [6.45, 7) is 7.35. The fraction of sp³-hybridized carbons (Fsp3) is 0.571. The van der Waals surface area contributed by atoms with E-state index in [1.807, 2.05) is 25.7 Å². The normalized spacial score (nSPS) is 18.0. The summed E-state index contributed by atoms with van der Waals surface area (Å²) in [5.74, 6) is 0.518. The van der Waals surface area contributed by atoms with Crippen LogP contribution in [-0.2, 0) is 14.8 Å². The van der Waals surface area contributed by atoms with E-state index in [4.69, 9.17) is 0 Å². The van der Waals surface area contributed by atoms with Gasteiger partial charge in [-0.15, -0.1) is 10.2 Å². The first-order chi connectivity index (χ1) is 17.0. The summed E-state index contributed by atoms with van der Waals surface area (Å²) in [5.41, 5.74) is -0.0132. The third kappa shape index (κ3) is 4.66. The zero-order valence-electron chi connectivity index (χ0n) is 20.0. The molecule has 15 heteroatoms. The van der Waals surface area contributed by atoms with E-state index in [2.05, 4.69) is 24.9 Å². The molecule has 1 aliphatic carbocycles. The van der Waals surface area contributed by atoms with Crippen LogP contribution in [0.25, 0.3) is 16.3 Å². The molecule has 3 aromatic heterocycles. The predicted octanol–water partition coefficient (Wildman–Crippen LogP) is 2.32. The number of nitrogens with zero attached hydrogens (tertiary/aromatic N) is 7. The number of alkyl halides is 2. The van der Waals surface area contributed by atoms with Gasteiger partial charge in [-0.3, -0.25) is 9.20 Å². The Labute approximate surface area is 210 Å². The van der Waals surface area contributed by atoms with E-state index in [9.17, 15) is 22.0 Å². The summed E-state index contributed by atoms with van der Waals surface area (Å²) < 4.78 is 56.9. The quantitative estimate of drug-likeness (QED) is 0.484. The molecule has 36 heavy (non-hydrogen) atoms. The lowest BCUT2D eigenvalue weighted by Crippen LogP contribution is -2.50. The molecule has 3 aromatic rings. The lowest BCUT2D eigenvalue weighted by molar-refractivity contribution is -0.134. The molecule has 2 aliphatic rings. The van der Waals surface area contributed by atoms with Crippen LogP contribution < -0.4 is 9.62 Å². The van der Waals surface area contributed by atoms with Crippen LogP contribution in [0.1, 0.15) is 45.0 Å². The minimum atomic E-state index is -3.98. The van der Waals surface area contributed by atoms with Gasteiger partial charge < -0.3 is 9.80 Å². The van der Waals surface area contributed by atoms with Crippen molar-refractivity contribution in [3.05, 3.63) is 17.4 Å². The number of aromatic nitrogens is 5. The number of hydrogen-bond donors (Lipinski definition) is 1. The molecule has 0 unspecified atom stereocenters. The summed E-state index contributed by atoms with van der Waals surface area (Å²) in [6.07, 6.45) is 1.52. The number of sulfonamides is 1. The van der Waals surface area contributed by atoms with Gasteiger partial charge in [-0.1, -0.05) is 25.2 Å². The SMILES string of the molecule is CC(C)C(=O)N1CCN(c2nc(S(=O)(=O)NC3(C)CC3)cn3c(-c4nnc(C(F)F)s4)ncc23)CC1. The van der Waals surface area contributed by atoms with Gasteiger partial charge in [0.05, 0.1) is 12.4 Å². The van der Waals surface area contributed by atoms with Crippen LogP contribution in [0.3, 0.4) is 0 Å². The van der Waals surface area contributed by atoms with Crippen LogP contribution in [-0.4, -0.2) is 75.5 Å². The third-order valence-electron chi connectivity index (χ3n) is 6.34. The number of imidazole rings is 1. The third-order valence-corrected chi connectivity index (χ3v) is 8.78. The van der Waals surface area contributed by atoms with Crippen LogP contribution in [0.5, 0.6) is 0 Å². The summed E-state index contributed by atoms with van der Waals surface area (Å²) >= 11 is 0.696. The number of nitrogens with one attached hydrogen (secondary N) is 1. The largest absolute Gasteiger partial charge is 0.351 e. The van der Waals surface area contributed by atoms with Crippen molar-refractivity contribution >= 4 is 38.6 Å². The number of halogens is 2. The predicted molar refractivity (Wildman–Crippen MR) is 128 cm³/mol. The first-order valence-corrected chi connectivity index (χ1v) is 13.9. The monoisotopic (exact) mass is 540 g/mol. The van der Waals surface area contributed by atoms with Crippen molar-refractivity contribution in [3.63, 3.8) is 0 Å². The molecule has 4 heterocycles. The molecule has 1 saturated heterocycles. The van der Waals surface area contributed by atoms with Crippen molar-refractivity contribution < 1.29 is 22.0 Å². The number of carbonyl (C=O) groups is 1. The van der Waals surface area contributed by atoms with Crippen LogP contribution in [0.15, 0.2) is 17.4 Å². The minimum absolute atomic E-state index is 0.0590. The molecule has 194 valence electrons. The maximum atomic E-state index is 13.2. The van der Waals surface area contributed by atoms with Crippen molar-refractivity contribution in [1.29, 1.82) is 0 Å². The second kappa shape index (κ2) is 8.95. The van der Waals surface area contributed by atoms with Gasteiger partial charge in [-0.05, 0) is 19.8 Å². The Hall–Kier alpha value is -2.78. The van der Waals surface area contributed by atoms with Crippen molar-refractivity contribution in [2.24, 2.45) is 5.92 Å². The van der Waals surface area contributed by atoms with Crippen LogP contribution in [0, 0.1) is 5.92 Å². The Morgan fingerprint density at radius 1 is 1.17 bits per heavy atom. The average Bonchev–Trinajstić information content (AvgIpc) is 3.22. The molecule has 0 bridgehead atoms. The van der Waals surface area contributed by atoms with Crippen molar-refractivity contribution in [3.8, 4) is 10.8 Å². The number of piperazine rings is 1. The minimum Gasteiger partial charge on any atom is -0.351 e. The number of anilines is 1. The van der Waals surface area contributed by atoms with Gasteiger partial charge in [0.25, 0.3) is 16.4 Å². The molecule has 0 atom stereocenters. The Morgan fingerprint density at radius 2 is 1.86 bits per heavy atom. The molecule has 1 saturated carbocycles. The first kappa shape index (κ1) is 24.9. The molecular formula is C21H26F2N8O3S2. The Morgan fingerprint density at radius 3 is 2.44 bits per heavy atom. The number of carbonyl (C=O) groups excluding carboxylic acids is 1. The fourth-order valence-corrected chi connectivity index (χ4v) is 6.16. The maximum Gasteiger partial charge on any atom is 0.291 e. The summed E-state index contributed by atoms with van der Waals surface area (Å²) in [7, 11) is -3.98. The number of fused-ring (bicyclic) bond motifs is 1. The topological polar surface area (TPSA) is 126 Å². The summed E-state index contributed by atoms with van der Waals surface area (Å²) in [5, 5.41) is 6.85.